The zero-order valence-electron chi connectivity index (χ0n) is 15.6. The van der Waals surface area contributed by atoms with Gasteiger partial charge in [0.05, 0.1) is 12.1 Å². The molecular weight excluding hydrogens is 433 g/mol. The van der Waals surface area contributed by atoms with Crippen LogP contribution in [0.25, 0.3) is 0 Å². The number of benzene rings is 2. The lowest BCUT2D eigenvalue weighted by Crippen LogP contribution is -2.69. The highest BCUT2D eigenvalue weighted by Gasteiger charge is 2.82. The predicted molar refractivity (Wildman–Crippen MR) is 95.5 cm³/mol. The number of amides is 1. The third-order valence-corrected chi connectivity index (χ3v) is 4.78. The normalized spacial score (nSPS) is 20.0. The number of hydrogen-bond donors (Lipinski definition) is 1. The summed E-state index contributed by atoms with van der Waals surface area (Å²) in [6.07, 6.45) is -8.78. The van der Waals surface area contributed by atoms with Crippen LogP contribution in [0.1, 0.15) is 17.5 Å². The molecule has 1 aliphatic rings. The first-order valence-electron chi connectivity index (χ1n) is 8.86. The molecule has 0 fully saturated rings. The van der Waals surface area contributed by atoms with Gasteiger partial charge in [0.2, 0.25) is 11.6 Å². The molecule has 0 saturated heterocycles. The van der Waals surface area contributed by atoms with E-state index < -0.39 is 48.2 Å². The zero-order valence-corrected chi connectivity index (χ0v) is 15.6. The van der Waals surface area contributed by atoms with Crippen molar-refractivity contribution in [1.29, 1.82) is 0 Å². The molecule has 1 N–H and O–H groups in total. The van der Waals surface area contributed by atoms with E-state index in [-0.39, 0.29) is 16.1 Å². The number of rotatable bonds is 5. The van der Waals surface area contributed by atoms with Gasteiger partial charge in [-0.25, -0.2) is 0 Å². The Labute approximate surface area is 171 Å². The lowest BCUT2D eigenvalue weighted by Gasteiger charge is -2.41. The van der Waals surface area contributed by atoms with Gasteiger partial charge in [0, 0.05) is 6.42 Å². The van der Waals surface area contributed by atoms with E-state index >= 15 is 0 Å². The molecule has 0 radical (unpaired) electrons. The minimum atomic E-state index is -6.68. The maximum absolute atomic E-state index is 14.6. The van der Waals surface area contributed by atoms with Crippen LogP contribution in [0.2, 0.25) is 0 Å². The van der Waals surface area contributed by atoms with Crippen LogP contribution in [0, 0.1) is 0 Å². The summed E-state index contributed by atoms with van der Waals surface area (Å²) in [5.74, 6) is -14.1. The lowest BCUT2D eigenvalue weighted by atomic mass is 9.91. The SMILES string of the molecule is O=C(Cc1ccccc1)N1N=C(c2ccccc2)C[C@]1(O)C(F)(F)C(F)(F)C(F)(F)F. The van der Waals surface area contributed by atoms with E-state index in [2.05, 4.69) is 5.10 Å². The Kier molecular flexibility index (Phi) is 5.59. The van der Waals surface area contributed by atoms with Crippen molar-refractivity contribution in [2.24, 2.45) is 5.10 Å². The van der Waals surface area contributed by atoms with Crippen LogP contribution in [0.4, 0.5) is 30.7 Å². The van der Waals surface area contributed by atoms with Gasteiger partial charge in [-0.05, 0) is 11.1 Å². The van der Waals surface area contributed by atoms with Crippen LogP contribution in [0.3, 0.4) is 0 Å². The molecule has 11 heteroatoms. The Hall–Kier alpha value is -2.95. The fourth-order valence-corrected chi connectivity index (χ4v) is 3.12. The number of hydrogen-bond acceptors (Lipinski definition) is 3. The molecule has 2 aromatic carbocycles. The van der Waals surface area contributed by atoms with Crippen LogP contribution < -0.4 is 0 Å². The standard InChI is InChI=1S/C20H15F7N2O2/c21-18(22,19(23,24)20(25,26)27)17(31)12-15(14-9-5-2-6-10-14)28-29(17)16(30)11-13-7-3-1-4-8-13/h1-10,31H,11-12H2/t17-/m0/s1. The molecule has 4 nitrogen and oxygen atoms in total. The summed E-state index contributed by atoms with van der Waals surface area (Å²) in [5.41, 5.74) is -4.36. The fourth-order valence-electron chi connectivity index (χ4n) is 3.12. The van der Waals surface area contributed by atoms with E-state index in [1.54, 1.807) is 6.07 Å². The molecule has 0 aromatic heterocycles. The van der Waals surface area contributed by atoms with Gasteiger partial charge in [0.25, 0.3) is 0 Å². The quantitative estimate of drug-likeness (QED) is 0.691. The number of halogens is 7. The minimum absolute atomic E-state index is 0.0714. The summed E-state index contributed by atoms with van der Waals surface area (Å²) < 4.78 is 95.1. The Morgan fingerprint density at radius 2 is 1.45 bits per heavy atom. The summed E-state index contributed by atoms with van der Waals surface area (Å²) in [4.78, 5) is 12.6. The van der Waals surface area contributed by atoms with Crippen molar-refractivity contribution in [2.45, 2.75) is 36.6 Å². The monoisotopic (exact) mass is 448 g/mol. The van der Waals surface area contributed by atoms with Gasteiger partial charge in [0.1, 0.15) is 0 Å². The molecule has 1 aliphatic heterocycles. The third kappa shape index (κ3) is 3.78. The number of hydrazone groups is 1. The van der Waals surface area contributed by atoms with Gasteiger partial charge in [0.15, 0.2) is 0 Å². The van der Waals surface area contributed by atoms with Gasteiger partial charge in [-0.2, -0.15) is 40.8 Å². The van der Waals surface area contributed by atoms with Crippen molar-refractivity contribution in [3.05, 3.63) is 71.8 Å². The van der Waals surface area contributed by atoms with E-state index in [4.69, 9.17) is 0 Å². The van der Waals surface area contributed by atoms with Gasteiger partial charge in [-0.3, -0.25) is 4.79 Å². The van der Waals surface area contributed by atoms with E-state index in [1.165, 1.54) is 54.6 Å². The molecule has 1 atom stereocenters. The smallest absolute Gasteiger partial charge is 0.364 e. The maximum Gasteiger partial charge on any atom is 0.460 e. The highest BCUT2D eigenvalue weighted by molar-refractivity contribution is 6.03. The van der Waals surface area contributed by atoms with E-state index in [0.717, 1.165) is 0 Å². The second-order valence-electron chi connectivity index (χ2n) is 6.92. The van der Waals surface area contributed by atoms with Crippen LogP contribution in [0.5, 0.6) is 0 Å². The van der Waals surface area contributed by atoms with Crippen molar-refractivity contribution in [1.82, 2.24) is 5.01 Å². The molecule has 1 amide bonds. The highest BCUT2D eigenvalue weighted by Crippen LogP contribution is 2.54. The van der Waals surface area contributed by atoms with E-state index in [9.17, 15) is 40.6 Å². The molecule has 166 valence electrons. The first-order valence-corrected chi connectivity index (χ1v) is 8.86. The van der Waals surface area contributed by atoms with E-state index in [0.29, 0.717) is 0 Å². The first kappa shape index (κ1) is 22.7. The Morgan fingerprint density at radius 3 is 1.97 bits per heavy atom. The highest BCUT2D eigenvalue weighted by atomic mass is 19.4. The van der Waals surface area contributed by atoms with Crippen LogP contribution in [0.15, 0.2) is 65.8 Å². The van der Waals surface area contributed by atoms with Crippen molar-refractivity contribution < 1.29 is 40.6 Å². The number of carbonyl (C=O) groups excluding carboxylic acids is 1. The van der Waals surface area contributed by atoms with Crippen LogP contribution in [-0.2, 0) is 11.2 Å². The number of alkyl halides is 7. The molecule has 0 bridgehead atoms. The molecule has 1 heterocycles. The first-order chi connectivity index (χ1) is 14.3. The lowest BCUT2D eigenvalue weighted by molar-refractivity contribution is -0.401. The van der Waals surface area contributed by atoms with Gasteiger partial charge in [-0.1, -0.05) is 60.7 Å². The maximum atomic E-state index is 14.6. The summed E-state index contributed by atoms with van der Waals surface area (Å²) in [6.45, 7) is 0. The second-order valence-corrected chi connectivity index (χ2v) is 6.92. The van der Waals surface area contributed by atoms with Crippen molar-refractivity contribution >= 4 is 11.6 Å². The number of carbonyl (C=O) groups is 1. The largest absolute Gasteiger partial charge is 0.460 e. The van der Waals surface area contributed by atoms with Crippen LogP contribution in [-0.4, -0.2) is 45.5 Å². The van der Waals surface area contributed by atoms with Crippen molar-refractivity contribution in [2.75, 3.05) is 0 Å². The molecule has 3 rings (SSSR count). The predicted octanol–water partition coefficient (Wildman–Crippen LogP) is 4.39. The molecule has 0 unspecified atom stereocenters. The molecule has 2 aromatic rings. The average Bonchev–Trinajstić information content (AvgIpc) is 3.08. The van der Waals surface area contributed by atoms with Crippen LogP contribution >= 0.6 is 0 Å². The van der Waals surface area contributed by atoms with Crippen molar-refractivity contribution in [3.8, 4) is 0 Å². The summed E-state index contributed by atoms with van der Waals surface area (Å²) in [7, 11) is 0. The Bertz CT molecular complexity index is 978. The van der Waals surface area contributed by atoms with E-state index in [1.807, 2.05) is 0 Å². The Balaban J connectivity index is 2.07. The summed E-state index contributed by atoms with van der Waals surface area (Å²) >= 11 is 0. The summed E-state index contributed by atoms with van der Waals surface area (Å²) in [6, 6.07) is 14.5. The topological polar surface area (TPSA) is 52.9 Å². The molecule has 0 saturated carbocycles. The Morgan fingerprint density at radius 1 is 0.935 bits per heavy atom. The van der Waals surface area contributed by atoms with Gasteiger partial charge in [-0.15, -0.1) is 0 Å². The minimum Gasteiger partial charge on any atom is -0.364 e. The second kappa shape index (κ2) is 7.63. The third-order valence-electron chi connectivity index (χ3n) is 4.78. The molecule has 31 heavy (non-hydrogen) atoms. The van der Waals surface area contributed by atoms with Gasteiger partial charge >= 0.3 is 18.0 Å². The average molecular weight is 448 g/mol. The fraction of sp³-hybridized carbons (Fsp3) is 0.300. The van der Waals surface area contributed by atoms with Gasteiger partial charge < -0.3 is 5.11 Å². The van der Waals surface area contributed by atoms with Crippen molar-refractivity contribution in [3.63, 3.8) is 0 Å². The zero-order chi connectivity index (χ0) is 23.1. The number of nitrogens with zero attached hydrogens (tertiary/aromatic N) is 2. The summed E-state index contributed by atoms with van der Waals surface area (Å²) in [5, 5.41) is 13.7. The number of aliphatic hydroxyl groups is 1. The molecular formula is C20H15F7N2O2. The molecule has 0 spiro atoms. The molecule has 0 aliphatic carbocycles.